The summed E-state index contributed by atoms with van der Waals surface area (Å²) >= 11 is 0. The third kappa shape index (κ3) is 3.51. The first-order valence-corrected chi connectivity index (χ1v) is 9.08. The molecule has 4 rings (SSSR count). The van der Waals surface area contributed by atoms with E-state index in [1.54, 1.807) is 12.3 Å². The Labute approximate surface area is 155 Å². The number of hydrogen-bond donors (Lipinski definition) is 1. The summed E-state index contributed by atoms with van der Waals surface area (Å²) in [5, 5.41) is 10.1. The molecule has 2 heterocycles. The lowest BCUT2D eigenvalue weighted by molar-refractivity contribution is 0.00397. The summed E-state index contributed by atoms with van der Waals surface area (Å²) in [5.41, 5.74) is 1.19. The van der Waals surface area contributed by atoms with Crippen LogP contribution in [-0.4, -0.2) is 33.1 Å². The molecule has 5 nitrogen and oxygen atoms in total. The number of aliphatic hydroxyl groups excluding tert-OH is 1. The molecule has 0 unspecified atom stereocenters. The van der Waals surface area contributed by atoms with Gasteiger partial charge in [-0.15, -0.1) is 0 Å². The summed E-state index contributed by atoms with van der Waals surface area (Å²) in [4.78, 5) is 18.5. The number of hydrogen-bond acceptors (Lipinski definition) is 4. The minimum Gasteiger partial charge on any atom is -0.471 e. The normalized spacial score (nSPS) is 22.0. The van der Waals surface area contributed by atoms with E-state index >= 15 is 0 Å². The van der Waals surface area contributed by atoms with Gasteiger partial charge in [-0.25, -0.2) is 13.8 Å². The first-order chi connectivity index (χ1) is 13.0. The lowest BCUT2D eigenvalue weighted by atomic mass is 9.95. The molecule has 2 atom stereocenters. The minimum absolute atomic E-state index is 0.0391. The Morgan fingerprint density at radius 3 is 2.85 bits per heavy atom. The third-order valence-electron chi connectivity index (χ3n) is 5.16. The molecule has 1 aromatic carbocycles. The van der Waals surface area contributed by atoms with Gasteiger partial charge in [0.1, 0.15) is 23.3 Å². The number of carbonyl (C=O) groups is 1. The molecule has 1 N–H and O–H groups in total. The number of aromatic nitrogens is 1. The Morgan fingerprint density at radius 2 is 2.04 bits per heavy atom. The van der Waals surface area contributed by atoms with Crippen molar-refractivity contribution in [2.24, 2.45) is 0 Å². The second kappa shape index (κ2) is 7.23. The van der Waals surface area contributed by atoms with Gasteiger partial charge in [0.2, 0.25) is 5.88 Å². The molecule has 2 aliphatic rings. The van der Waals surface area contributed by atoms with E-state index < -0.39 is 17.7 Å². The molecule has 1 aliphatic carbocycles. The molecule has 0 saturated heterocycles. The van der Waals surface area contributed by atoms with Gasteiger partial charge in [0, 0.05) is 24.8 Å². The van der Waals surface area contributed by atoms with Crippen LogP contribution in [0.1, 0.15) is 47.2 Å². The number of halogens is 2. The maximum absolute atomic E-state index is 13.9. The lowest BCUT2D eigenvalue weighted by Crippen LogP contribution is -2.35. The highest BCUT2D eigenvalue weighted by atomic mass is 19.1. The maximum atomic E-state index is 13.9. The van der Waals surface area contributed by atoms with Crippen LogP contribution in [0.15, 0.2) is 30.5 Å². The van der Waals surface area contributed by atoms with Crippen molar-refractivity contribution >= 4 is 5.91 Å². The highest BCUT2D eigenvalue weighted by Crippen LogP contribution is 2.33. The van der Waals surface area contributed by atoms with Gasteiger partial charge in [-0.3, -0.25) is 4.79 Å². The van der Waals surface area contributed by atoms with Crippen molar-refractivity contribution in [3.05, 3.63) is 58.8 Å². The van der Waals surface area contributed by atoms with Gasteiger partial charge in [0.15, 0.2) is 0 Å². The second-order valence-corrected chi connectivity index (χ2v) is 7.06. The van der Waals surface area contributed by atoms with E-state index in [1.807, 2.05) is 0 Å². The summed E-state index contributed by atoms with van der Waals surface area (Å²) in [5.74, 6) is -1.24. The van der Waals surface area contributed by atoms with Gasteiger partial charge in [0.25, 0.3) is 5.91 Å². The molecule has 1 fully saturated rings. The fourth-order valence-electron chi connectivity index (χ4n) is 3.72. The topological polar surface area (TPSA) is 62.7 Å². The Hall–Kier alpha value is -2.54. The molecule has 27 heavy (non-hydrogen) atoms. The largest absolute Gasteiger partial charge is 0.471 e. The monoisotopic (exact) mass is 374 g/mol. The quantitative estimate of drug-likeness (QED) is 0.893. The summed E-state index contributed by atoms with van der Waals surface area (Å²) in [7, 11) is 0. The molecular weight excluding hydrogens is 354 g/mol. The van der Waals surface area contributed by atoms with Gasteiger partial charge in [-0.1, -0.05) is 6.42 Å². The van der Waals surface area contributed by atoms with Gasteiger partial charge < -0.3 is 14.7 Å². The molecule has 1 aliphatic heterocycles. The Balaban J connectivity index is 1.56. The molecule has 1 amide bonds. The molecule has 0 bridgehead atoms. The van der Waals surface area contributed by atoms with E-state index in [2.05, 4.69) is 4.98 Å². The van der Waals surface area contributed by atoms with Crippen molar-refractivity contribution in [2.75, 3.05) is 0 Å². The lowest BCUT2D eigenvalue weighted by Gasteiger charge is -2.28. The molecule has 0 radical (unpaired) electrons. The van der Waals surface area contributed by atoms with E-state index in [-0.39, 0.29) is 36.5 Å². The van der Waals surface area contributed by atoms with Crippen molar-refractivity contribution in [1.29, 1.82) is 0 Å². The number of benzene rings is 1. The second-order valence-electron chi connectivity index (χ2n) is 7.06. The average molecular weight is 374 g/mol. The van der Waals surface area contributed by atoms with E-state index in [0.29, 0.717) is 18.4 Å². The number of fused-ring (bicyclic) bond motifs is 1. The smallest absolute Gasteiger partial charge is 0.260 e. The van der Waals surface area contributed by atoms with Gasteiger partial charge in [-0.2, -0.15) is 0 Å². The number of aliphatic hydroxyl groups is 1. The van der Waals surface area contributed by atoms with Gasteiger partial charge in [-0.05, 0) is 49.1 Å². The van der Waals surface area contributed by atoms with E-state index in [0.717, 1.165) is 36.6 Å². The van der Waals surface area contributed by atoms with Gasteiger partial charge in [0.05, 0.1) is 6.10 Å². The van der Waals surface area contributed by atoms with Crippen LogP contribution in [0.2, 0.25) is 0 Å². The molecule has 7 heteroatoms. The van der Waals surface area contributed by atoms with Crippen molar-refractivity contribution < 1.29 is 23.4 Å². The number of rotatable bonds is 4. The molecule has 2 aromatic rings. The summed E-state index contributed by atoms with van der Waals surface area (Å²) in [6.45, 7) is 0.235. The maximum Gasteiger partial charge on any atom is 0.260 e. The summed E-state index contributed by atoms with van der Waals surface area (Å²) in [6, 6.07) is 4.92. The van der Waals surface area contributed by atoms with Crippen LogP contribution in [0, 0.1) is 11.6 Å². The van der Waals surface area contributed by atoms with Crippen LogP contribution in [0.25, 0.3) is 0 Å². The fraction of sp³-hybridized carbons (Fsp3) is 0.400. The number of pyridine rings is 1. The zero-order valence-electron chi connectivity index (χ0n) is 14.7. The predicted molar refractivity (Wildman–Crippen MR) is 93.1 cm³/mol. The van der Waals surface area contributed by atoms with E-state index in [4.69, 9.17) is 4.74 Å². The number of ether oxygens (including phenoxy) is 1. The van der Waals surface area contributed by atoms with Crippen molar-refractivity contribution in [2.45, 2.75) is 51.0 Å². The average Bonchev–Trinajstić information content (AvgIpc) is 2.97. The number of carbonyl (C=O) groups excluding carboxylic acids is 1. The molecule has 1 aromatic heterocycles. The fourth-order valence-corrected chi connectivity index (χ4v) is 3.72. The Morgan fingerprint density at radius 1 is 1.22 bits per heavy atom. The van der Waals surface area contributed by atoms with Crippen molar-refractivity contribution in [3.63, 3.8) is 0 Å². The molecule has 1 saturated carbocycles. The Kier molecular flexibility index (Phi) is 4.78. The highest BCUT2D eigenvalue weighted by molar-refractivity contribution is 6.00. The number of amides is 1. The van der Waals surface area contributed by atoms with Crippen LogP contribution >= 0.6 is 0 Å². The molecule has 0 spiro atoms. The third-order valence-corrected chi connectivity index (χ3v) is 5.16. The first-order valence-electron chi connectivity index (χ1n) is 9.08. The SMILES string of the molecule is O=C1c2c(ccnc2O[C@H]2CCCC[C@@H]2O)CN1Cc1cc(F)ccc1F. The van der Waals surface area contributed by atoms with E-state index in [1.165, 1.54) is 4.90 Å². The van der Waals surface area contributed by atoms with Crippen LogP contribution in [-0.2, 0) is 13.1 Å². The van der Waals surface area contributed by atoms with Crippen molar-refractivity contribution in [1.82, 2.24) is 9.88 Å². The van der Waals surface area contributed by atoms with E-state index in [9.17, 15) is 18.7 Å². The molecular formula is C20H20F2N2O3. The van der Waals surface area contributed by atoms with Crippen LogP contribution in [0.4, 0.5) is 8.78 Å². The summed E-state index contributed by atoms with van der Waals surface area (Å²) in [6.07, 6.45) is 3.87. The summed E-state index contributed by atoms with van der Waals surface area (Å²) < 4.78 is 33.2. The van der Waals surface area contributed by atoms with Crippen LogP contribution in [0.5, 0.6) is 5.88 Å². The standard InChI is InChI=1S/C20H20F2N2O3/c21-14-5-6-15(22)13(9-14)11-24-10-12-7-8-23-19(18(12)20(24)26)27-17-4-2-1-3-16(17)25/h5-9,16-17,25H,1-4,10-11H2/t16-,17-/m0/s1. The van der Waals surface area contributed by atoms with Crippen LogP contribution < -0.4 is 4.74 Å². The first kappa shape index (κ1) is 17.9. The predicted octanol–water partition coefficient (Wildman–Crippen LogP) is 3.20. The molecule has 142 valence electrons. The van der Waals surface area contributed by atoms with Gasteiger partial charge >= 0.3 is 0 Å². The Bertz CT molecular complexity index is 874. The zero-order valence-corrected chi connectivity index (χ0v) is 14.7. The highest BCUT2D eigenvalue weighted by Gasteiger charge is 2.34. The minimum atomic E-state index is -0.578. The van der Waals surface area contributed by atoms with Crippen LogP contribution in [0.3, 0.4) is 0 Å². The number of nitrogens with zero attached hydrogens (tertiary/aromatic N) is 2. The zero-order chi connectivity index (χ0) is 19.0. The van der Waals surface area contributed by atoms with Crippen molar-refractivity contribution in [3.8, 4) is 5.88 Å².